The fourth-order valence-corrected chi connectivity index (χ4v) is 1.72. The van der Waals surface area contributed by atoms with E-state index >= 15 is 0 Å². The van der Waals surface area contributed by atoms with Crippen LogP contribution in [-0.4, -0.2) is 35.3 Å². The van der Waals surface area contributed by atoms with Crippen molar-refractivity contribution < 1.29 is 4.39 Å². The van der Waals surface area contributed by atoms with Gasteiger partial charge in [0, 0.05) is 18.2 Å². The van der Waals surface area contributed by atoms with Crippen LogP contribution in [0.15, 0.2) is 41.2 Å². The molecule has 0 saturated carbocycles. The molecule has 0 aliphatic rings. The van der Waals surface area contributed by atoms with Crippen molar-refractivity contribution in [3.05, 3.63) is 52.6 Å². The summed E-state index contributed by atoms with van der Waals surface area (Å²) in [4.78, 5) is 13.7. The molecule has 0 fully saturated rings. The van der Waals surface area contributed by atoms with Crippen LogP contribution in [-0.2, 0) is 6.54 Å². The Kier molecular flexibility index (Phi) is 5.85. The minimum absolute atomic E-state index is 0. The van der Waals surface area contributed by atoms with Crippen LogP contribution in [0.4, 0.5) is 4.39 Å². The van der Waals surface area contributed by atoms with E-state index in [-0.39, 0.29) is 23.8 Å². The van der Waals surface area contributed by atoms with Gasteiger partial charge in [-0.3, -0.25) is 4.79 Å². The zero-order chi connectivity index (χ0) is 13.8. The van der Waals surface area contributed by atoms with Gasteiger partial charge in [0.2, 0.25) is 0 Å². The predicted octanol–water partition coefficient (Wildman–Crippen LogP) is 2.03. The lowest BCUT2D eigenvalue weighted by atomic mass is 10.1. The standard InChI is InChI=1S/C14H16FN3O.ClH/c1-17(2)9-10-18-14(19)8-7-13(16-18)11-5-3-4-6-12(11)15;/h3-8H,9-10H2,1-2H3;1H. The molecule has 6 heteroatoms. The van der Waals surface area contributed by atoms with Crippen molar-refractivity contribution in [1.82, 2.24) is 14.7 Å². The van der Waals surface area contributed by atoms with Crippen molar-refractivity contribution >= 4 is 12.4 Å². The normalized spacial score (nSPS) is 10.4. The number of nitrogens with zero attached hydrogens (tertiary/aromatic N) is 3. The Hall–Kier alpha value is -1.72. The maximum absolute atomic E-state index is 13.7. The molecule has 1 aromatic carbocycles. The molecule has 1 heterocycles. The highest BCUT2D eigenvalue weighted by molar-refractivity contribution is 5.85. The van der Waals surface area contributed by atoms with Gasteiger partial charge in [-0.25, -0.2) is 9.07 Å². The zero-order valence-corrected chi connectivity index (χ0v) is 12.2. The molecule has 2 aromatic rings. The van der Waals surface area contributed by atoms with Crippen LogP contribution < -0.4 is 5.56 Å². The van der Waals surface area contributed by atoms with E-state index in [1.165, 1.54) is 16.8 Å². The zero-order valence-electron chi connectivity index (χ0n) is 11.4. The number of hydrogen-bond donors (Lipinski definition) is 0. The molecule has 0 aliphatic carbocycles. The third kappa shape index (κ3) is 3.88. The van der Waals surface area contributed by atoms with Gasteiger partial charge < -0.3 is 4.90 Å². The summed E-state index contributed by atoms with van der Waals surface area (Å²) < 4.78 is 15.0. The van der Waals surface area contributed by atoms with Crippen molar-refractivity contribution in [3.8, 4) is 11.3 Å². The van der Waals surface area contributed by atoms with Crippen molar-refractivity contribution in [2.45, 2.75) is 6.54 Å². The Balaban J connectivity index is 0.00000200. The van der Waals surface area contributed by atoms with Crippen LogP contribution in [0.5, 0.6) is 0 Å². The van der Waals surface area contributed by atoms with Gasteiger partial charge in [-0.15, -0.1) is 12.4 Å². The summed E-state index contributed by atoms with van der Waals surface area (Å²) in [5.41, 5.74) is 0.694. The molecule has 20 heavy (non-hydrogen) atoms. The summed E-state index contributed by atoms with van der Waals surface area (Å²) >= 11 is 0. The Morgan fingerprint density at radius 1 is 1.20 bits per heavy atom. The van der Waals surface area contributed by atoms with Gasteiger partial charge in [-0.05, 0) is 32.3 Å². The van der Waals surface area contributed by atoms with Crippen LogP contribution in [0.3, 0.4) is 0 Å². The molecule has 0 radical (unpaired) electrons. The number of halogens is 2. The van der Waals surface area contributed by atoms with E-state index in [9.17, 15) is 9.18 Å². The Morgan fingerprint density at radius 2 is 1.90 bits per heavy atom. The monoisotopic (exact) mass is 297 g/mol. The maximum atomic E-state index is 13.7. The van der Waals surface area contributed by atoms with E-state index in [0.29, 0.717) is 24.3 Å². The predicted molar refractivity (Wildman–Crippen MR) is 79.7 cm³/mol. The maximum Gasteiger partial charge on any atom is 0.266 e. The molecule has 0 N–H and O–H groups in total. The van der Waals surface area contributed by atoms with Gasteiger partial charge in [0.25, 0.3) is 5.56 Å². The highest BCUT2D eigenvalue weighted by atomic mass is 35.5. The third-order valence-electron chi connectivity index (χ3n) is 2.78. The first kappa shape index (κ1) is 16.3. The topological polar surface area (TPSA) is 38.1 Å². The lowest BCUT2D eigenvalue weighted by molar-refractivity contribution is 0.368. The molecule has 0 saturated heterocycles. The van der Waals surface area contributed by atoms with Gasteiger partial charge in [-0.1, -0.05) is 12.1 Å². The molecule has 2 rings (SSSR count). The van der Waals surface area contributed by atoms with E-state index < -0.39 is 0 Å². The average Bonchev–Trinajstić information content (AvgIpc) is 2.38. The number of hydrogen-bond acceptors (Lipinski definition) is 3. The van der Waals surface area contributed by atoms with E-state index in [1.54, 1.807) is 24.3 Å². The molecule has 0 spiro atoms. The number of benzene rings is 1. The number of aromatic nitrogens is 2. The Morgan fingerprint density at radius 3 is 2.55 bits per heavy atom. The van der Waals surface area contributed by atoms with E-state index in [2.05, 4.69) is 5.10 Å². The van der Waals surface area contributed by atoms with Gasteiger partial charge in [0.05, 0.1) is 12.2 Å². The Labute approximate surface area is 123 Å². The van der Waals surface area contributed by atoms with E-state index in [0.717, 1.165) is 0 Å². The number of likely N-dealkylation sites (N-methyl/N-ethyl adjacent to an activating group) is 1. The van der Waals surface area contributed by atoms with Crippen molar-refractivity contribution in [2.75, 3.05) is 20.6 Å². The second-order valence-corrected chi connectivity index (χ2v) is 4.56. The van der Waals surface area contributed by atoms with Gasteiger partial charge in [-0.2, -0.15) is 5.10 Å². The smallest absolute Gasteiger partial charge is 0.266 e. The molecule has 0 unspecified atom stereocenters. The summed E-state index contributed by atoms with van der Waals surface area (Å²) in [6.45, 7) is 1.18. The first-order valence-electron chi connectivity index (χ1n) is 6.06. The SMILES string of the molecule is CN(C)CCn1nc(-c2ccccc2F)ccc1=O.Cl. The van der Waals surface area contributed by atoms with Crippen molar-refractivity contribution in [3.63, 3.8) is 0 Å². The van der Waals surface area contributed by atoms with Crippen LogP contribution in [0, 0.1) is 5.82 Å². The fraction of sp³-hybridized carbons (Fsp3) is 0.286. The molecule has 4 nitrogen and oxygen atoms in total. The minimum Gasteiger partial charge on any atom is -0.308 e. The molecule has 0 bridgehead atoms. The molecular weight excluding hydrogens is 281 g/mol. The van der Waals surface area contributed by atoms with Gasteiger partial charge in [0.1, 0.15) is 5.82 Å². The molecular formula is C14H17ClFN3O. The first-order chi connectivity index (χ1) is 9.08. The highest BCUT2D eigenvalue weighted by Crippen LogP contribution is 2.18. The van der Waals surface area contributed by atoms with E-state index in [1.807, 2.05) is 19.0 Å². The van der Waals surface area contributed by atoms with Crippen LogP contribution in [0.25, 0.3) is 11.3 Å². The highest BCUT2D eigenvalue weighted by Gasteiger charge is 2.07. The lowest BCUT2D eigenvalue weighted by Gasteiger charge is -2.11. The average molecular weight is 298 g/mol. The molecule has 0 aliphatic heterocycles. The third-order valence-corrected chi connectivity index (χ3v) is 2.78. The largest absolute Gasteiger partial charge is 0.308 e. The lowest BCUT2D eigenvalue weighted by Crippen LogP contribution is -2.28. The molecule has 0 amide bonds. The van der Waals surface area contributed by atoms with Gasteiger partial charge in [0.15, 0.2) is 0 Å². The molecule has 108 valence electrons. The van der Waals surface area contributed by atoms with Crippen LogP contribution in [0.1, 0.15) is 0 Å². The summed E-state index contributed by atoms with van der Waals surface area (Å²) in [6, 6.07) is 9.37. The van der Waals surface area contributed by atoms with E-state index in [4.69, 9.17) is 0 Å². The van der Waals surface area contributed by atoms with Crippen molar-refractivity contribution in [1.29, 1.82) is 0 Å². The summed E-state index contributed by atoms with van der Waals surface area (Å²) in [7, 11) is 3.84. The summed E-state index contributed by atoms with van der Waals surface area (Å²) in [5.74, 6) is -0.340. The quantitative estimate of drug-likeness (QED) is 0.867. The first-order valence-corrected chi connectivity index (χ1v) is 6.06. The molecule has 0 atom stereocenters. The van der Waals surface area contributed by atoms with Crippen LogP contribution >= 0.6 is 12.4 Å². The molecule has 1 aromatic heterocycles. The fourth-order valence-electron chi connectivity index (χ4n) is 1.72. The second kappa shape index (κ2) is 7.17. The summed E-state index contributed by atoms with van der Waals surface area (Å²) in [5, 5.41) is 4.21. The van der Waals surface area contributed by atoms with Crippen molar-refractivity contribution in [2.24, 2.45) is 0 Å². The summed E-state index contributed by atoms with van der Waals surface area (Å²) in [6.07, 6.45) is 0. The second-order valence-electron chi connectivity index (χ2n) is 4.56. The number of rotatable bonds is 4. The Bertz CT molecular complexity index is 628. The van der Waals surface area contributed by atoms with Crippen LogP contribution in [0.2, 0.25) is 0 Å². The van der Waals surface area contributed by atoms with Gasteiger partial charge >= 0.3 is 0 Å². The minimum atomic E-state index is -0.340.